The minimum atomic E-state index is -0.109. The van der Waals surface area contributed by atoms with Gasteiger partial charge in [0, 0.05) is 0 Å². The largest absolute Gasteiger partial charge is 0.301 e. The second-order valence-corrected chi connectivity index (χ2v) is 3.95. The fourth-order valence-electron chi connectivity index (χ4n) is 2.53. The van der Waals surface area contributed by atoms with Crippen molar-refractivity contribution < 1.29 is 4.79 Å². The number of likely N-dealkylation sites (N-methyl/N-ethyl adjacent to an activating group) is 1. The first kappa shape index (κ1) is 10.7. The maximum Gasteiger partial charge on any atom is 0.140 e. The van der Waals surface area contributed by atoms with Crippen LogP contribution in [-0.4, -0.2) is 29.8 Å². The first-order chi connectivity index (χ1) is 6.29. The number of carbonyl (C=O) groups is 1. The SMILES string of the molecule is CCN(CC)C1(C=O)CCCCC1. The van der Waals surface area contributed by atoms with Gasteiger partial charge in [0.15, 0.2) is 0 Å². The third-order valence-corrected chi connectivity index (χ3v) is 3.33. The van der Waals surface area contributed by atoms with E-state index < -0.39 is 0 Å². The van der Waals surface area contributed by atoms with E-state index in [9.17, 15) is 4.79 Å². The summed E-state index contributed by atoms with van der Waals surface area (Å²) in [5.41, 5.74) is -0.109. The summed E-state index contributed by atoms with van der Waals surface area (Å²) in [7, 11) is 0. The van der Waals surface area contributed by atoms with Crippen molar-refractivity contribution in [2.45, 2.75) is 51.5 Å². The second-order valence-electron chi connectivity index (χ2n) is 3.95. The summed E-state index contributed by atoms with van der Waals surface area (Å²) in [4.78, 5) is 13.5. The lowest BCUT2D eigenvalue weighted by Crippen LogP contribution is -2.51. The van der Waals surface area contributed by atoms with E-state index in [1.165, 1.54) is 25.5 Å². The summed E-state index contributed by atoms with van der Waals surface area (Å²) >= 11 is 0. The number of nitrogens with zero attached hydrogens (tertiary/aromatic N) is 1. The molecule has 2 heteroatoms. The molecule has 76 valence electrons. The molecule has 0 aromatic carbocycles. The number of hydrogen-bond donors (Lipinski definition) is 0. The van der Waals surface area contributed by atoms with Gasteiger partial charge in [-0.05, 0) is 25.9 Å². The summed E-state index contributed by atoms with van der Waals surface area (Å²) in [6, 6.07) is 0. The van der Waals surface area contributed by atoms with Gasteiger partial charge in [-0.2, -0.15) is 0 Å². The molecule has 0 aliphatic heterocycles. The molecule has 0 heterocycles. The monoisotopic (exact) mass is 183 g/mol. The first-order valence-corrected chi connectivity index (χ1v) is 5.50. The van der Waals surface area contributed by atoms with Crippen molar-refractivity contribution in [3.05, 3.63) is 0 Å². The highest BCUT2D eigenvalue weighted by molar-refractivity contribution is 5.64. The Hall–Kier alpha value is -0.370. The number of hydrogen-bond acceptors (Lipinski definition) is 2. The number of aldehydes is 1. The van der Waals surface area contributed by atoms with Crippen LogP contribution in [0.25, 0.3) is 0 Å². The van der Waals surface area contributed by atoms with Gasteiger partial charge in [0.1, 0.15) is 6.29 Å². The summed E-state index contributed by atoms with van der Waals surface area (Å²) in [6.07, 6.45) is 7.07. The molecule has 0 amide bonds. The molecule has 0 unspecified atom stereocenters. The van der Waals surface area contributed by atoms with Crippen LogP contribution in [0.15, 0.2) is 0 Å². The molecule has 0 aromatic rings. The average molecular weight is 183 g/mol. The molecule has 0 spiro atoms. The molecule has 1 saturated carbocycles. The van der Waals surface area contributed by atoms with Crippen molar-refractivity contribution in [3.8, 4) is 0 Å². The number of rotatable bonds is 4. The maximum absolute atomic E-state index is 11.2. The van der Waals surface area contributed by atoms with Gasteiger partial charge >= 0.3 is 0 Å². The molecule has 1 aliphatic rings. The molecule has 1 rings (SSSR count). The third kappa shape index (κ3) is 2.11. The predicted octanol–water partition coefficient (Wildman–Crippen LogP) is 2.23. The molecule has 0 bridgehead atoms. The van der Waals surface area contributed by atoms with Crippen molar-refractivity contribution in [1.29, 1.82) is 0 Å². The molecule has 0 aromatic heterocycles. The van der Waals surface area contributed by atoms with Crippen molar-refractivity contribution in [1.82, 2.24) is 4.90 Å². The quantitative estimate of drug-likeness (QED) is 0.623. The molecule has 0 N–H and O–H groups in total. The Labute approximate surface area is 81.3 Å². The van der Waals surface area contributed by atoms with Gasteiger partial charge in [-0.1, -0.05) is 33.1 Å². The number of carbonyl (C=O) groups excluding carboxylic acids is 1. The van der Waals surface area contributed by atoms with Crippen LogP contribution < -0.4 is 0 Å². The highest BCUT2D eigenvalue weighted by Gasteiger charge is 2.35. The van der Waals surface area contributed by atoms with E-state index in [0.717, 1.165) is 25.9 Å². The smallest absolute Gasteiger partial charge is 0.140 e. The lowest BCUT2D eigenvalue weighted by Gasteiger charge is -2.41. The second kappa shape index (κ2) is 4.75. The van der Waals surface area contributed by atoms with Crippen LogP contribution in [-0.2, 0) is 4.79 Å². The van der Waals surface area contributed by atoms with Crippen molar-refractivity contribution in [2.75, 3.05) is 13.1 Å². The normalized spacial score (nSPS) is 21.8. The summed E-state index contributed by atoms with van der Waals surface area (Å²) in [5, 5.41) is 0. The standard InChI is InChI=1S/C11H21NO/c1-3-12(4-2)11(10-13)8-6-5-7-9-11/h10H,3-9H2,1-2H3. The van der Waals surface area contributed by atoms with Crippen LogP contribution in [0, 0.1) is 0 Å². The van der Waals surface area contributed by atoms with Crippen molar-refractivity contribution >= 4 is 6.29 Å². The van der Waals surface area contributed by atoms with Gasteiger partial charge in [0.2, 0.25) is 0 Å². The van der Waals surface area contributed by atoms with Crippen LogP contribution in [0.3, 0.4) is 0 Å². The average Bonchev–Trinajstić information content (AvgIpc) is 2.21. The molecule has 13 heavy (non-hydrogen) atoms. The zero-order valence-electron chi connectivity index (χ0n) is 8.88. The lowest BCUT2D eigenvalue weighted by atomic mass is 9.81. The molecule has 0 radical (unpaired) electrons. The molecule has 1 aliphatic carbocycles. The van der Waals surface area contributed by atoms with E-state index >= 15 is 0 Å². The highest BCUT2D eigenvalue weighted by Crippen LogP contribution is 2.31. The van der Waals surface area contributed by atoms with Gasteiger partial charge in [-0.15, -0.1) is 0 Å². The first-order valence-electron chi connectivity index (χ1n) is 5.50. The highest BCUT2D eigenvalue weighted by atomic mass is 16.1. The van der Waals surface area contributed by atoms with E-state index in [2.05, 4.69) is 18.7 Å². The third-order valence-electron chi connectivity index (χ3n) is 3.33. The minimum Gasteiger partial charge on any atom is -0.301 e. The Morgan fingerprint density at radius 3 is 2.08 bits per heavy atom. The van der Waals surface area contributed by atoms with Gasteiger partial charge < -0.3 is 4.79 Å². The molecule has 2 nitrogen and oxygen atoms in total. The van der Waals surface area contributed by atoms with Gasteiger partial charge in [-0.3, -0.25) is 4.90 Å². The maximum atomic E-state index is 11.2. The predicted molar refractivity (Wildman–Crippen MR) is 54.8 cm³/mol. The van der Waals surface area contributed by atoms with Crippen LogP contribution in [0.4, 0.5) is 0 Å². The fraction of sp³-hybridized carbons (Fsp3) is 0.909. The minimum absolute atomic E-state index is 0.109. The zero-order chi connectivity index (χ0) is 9.73. The van der Waals surface area contributed by atoms with Gasteiger partial charge in [0.25, 0.3) is 0 Å². The fourth-order valence-corrected chi connectivity index (χ4v) is 2.53. The Balaban J connectivity index is 2.70. The van der Waals surface area contributed by atoms with Crippen molar-refractivity contribution in [2.24, 2.45) is 0 Å². The Bertz CT molecular complexity index is 157. The Morgan fingerprint density at radius 1 is 1.15 bits per heavy atom. The van der Waals surface area contributed by atoms with Crippen molar-refractivity contribution in [3.63, 3.8) is 0 Å². The van der Waals surface area contributed by atoms with E-state index in [1.54, 1.807) is 0 Å². The van der Waals surface area contributed by atoms with E-state index in [1.807, 2.05) is 0 Å². The van der Waals surface area contributed by atoms with Gasteiger partial charge in [0.05, 0.1) is 5.54 Å². The van der Waals surface area contributed by atoms with E-state index in [0.29, 0.717) is 0 Å². The van der Waals surface area contributed by atoms with Crippen LogP contribution in [0.5, 0.6) is 0 Å². The molecule has 0 atom stereocenters. The van der Waals surface area contributed by atoms with E-state index in [4.69, 9.17) is 0 Å². The summed E-state index contributed by atoms with van der Waals surface area (Å²) in [5.74, 6) is 0. The van der Waals surface area contributed by atoms with Gasteiger partial charge in [-0.25, -0.2) is 0 Å². The molecular weight excluding hydrogens is 162 g/mol. The lowest BCUT2D eigenvalue weighted by molar-refractivity contribution is -0.120. The molecule has 1 fully saturated rings. The van der Waals surface area contributed by atoms with E-state index in [-0.39, 0.29) is 5.54 Å². The molecule has 0 saturated heterocycles. The topological polar surface area (TPSA) is 20.3 Å². The summed E-state index contributed by atoms with van der Waals surface area (Å²) in [6.45, 7) is 6.27. The Kier molecular flexibility index (Phi) is 3.91. The van der Waals surface area contributed by atoms with Crippen LogP contribution in [0.1, 0.15) is 46.0 Å². The summed E-state index contributed by atoms with van der Waals surface area (Å²) < 4.78 is 0. The van der Waals surface area contributed by atoms with Crippen LogP contribution >= 0.6 is 0 Å². The zero-order valence-corrected chi connectivity index (χ0v) is 8.88. The Morgan fingerprint density at radius 2 is 1.69 bits per heavy atom. The molecular formula is C11H21NO. The van der Waals surface area contributed by atoms with Crippen LogP contribution in [0.2, 0.25) is 0 Å².